The zero-order valence-corrected chi connectivity index (χ0v) is 12.3. The van der Waals surface area contributed by atoms with Crippen LogP contribution in [0.25, 0.3) is 0 Å². The van der Waals surface area contributed by atoms with Gasteiger partial charge >= 0.3 is 12.0 Å². The molecule has 1 aromatic rings. The van der Waals surface area contributed by atoms with E-state index in [0.717, 1.165) is 0 Å². The number of carbonyl (C=O) groups is 2. The molecule has 1 aromatic carbocycles. The van der Waals surface area contributed by atoms with E-state index in [-0.39, 0.29) is 0 Å². The number of esters is 1. The van der Waals surface area contributed by atoms with Gasteiger partial charge < -0.3 is 20.1 Å². The molecule has 0 aliphatic carbocycles. The Morgan fingerprint density at radius 1 is 1.41 bits per heavy atom. The third-order valence-electron chi connectivity index (χ3n) is 3.34. The highest BCUT2D eigenvalue weighted by atomic mass is 16.5. The summed E-state index contributed by atoms with van der Waals surface area (Å²) in [5, 5.41) is 5.23. The van der Waals surface area contributed by atoms with Crippen molar-refractivity contribution in [3.63, 3.8) is 0 Å². The van der Waals surface area contributed by atoms with E-state index in [2.05, 4.69) is 23.8 Å². The zero-order valence-electron chi connectivity index (χ0n) is 12.3. The molecule has 1 aliphatic heterocycles. The zero-order chi connectivity index (χ0) is 16.1. The molecule has 1 saturated heterocycles. The lowest BCUT2D eigenvalue weighted by molar-refractivity contribution is -0.145. The molecule has 2 atom stereocenters. The van der Waals surface area contributed by atoms with E-state index in [9.17, 15) is 9.59 Å². The summed E-state index contributed by atoms with van der Waals surface area (Å²) in [7, 11) is 1.29. The van der Waals surface area contributed by atoms with Gasteiger partial charge in [0.15, 0.2) is 0 Å². The largest absolute Gasteiger partial charge is 0.489 e. The molecule has 0 radical (unpaired) electrons. The number of para-hydroxylation sites is 1. The van der Waals surface area contributed by atoms with Crippen LogP contribution in [0.4, 0.5) is 4.79 Å². The summed E-state index contributed by atoms with van der Waals surface area (Å²) >= 11 is 0. The Bertz CT molecular complexity index is 612. The van der Waals surface area contributed by atoms with E-state index in [4.69, 9.17) is 9.47 Å². The maximum Gasteiger partial charge on any atom is 0.319 e. The minimum Gasteiger partial charge on any atom is -0.489 e. The van der Waals surface area contributed by atoms with Crippen molar-refractivity contribution in [2.45, 2.75) is 6.04 Å². The number of nitrogens with one attached hydrogen (secondary N) is 2. The Morgan fingerprint density at radius 3 is 2.82 bits per heavy atom. The fraction of sp³-hybridized carbons (Fsp3) is 0.250. The first-order valence-corrected chi connectivity index (χ1v) is 6.75. The Labute approximate surface area is 128 Å². The number of carbonyl (C=O) groups excluding carboxylic acids is 2. The van der Waals surface area contributed by atoms with E-state index in [1.165, 1.54) is 7.11 Å². The van der Waals surface area contributed by atoms with Crippen LogP contribution in [0, 0.1) is 5.92 Å². The first kappa shape index (κ1) is 15.6. The molecule has 116 valence electrons. The van der Waals surface area contributed by atoms with Gasteiger partial charge in [-0.1, -0.05) is 37.4 Å². The van der Waals surface area contributed by atoms with E-state index in [1.807, 2.05) is 6.07 Å². The second kappa shape index (κ2) is 6.80. The van der Waals surface area contributed by atoms with E-state index in [0.29, 0.717) is 23.6 Å². The number of benzene rings is 1. The number of amides is 2. The Morgan fingerprint density at radius 2 is 2.14 bits per heavy atom. The monoisotopic (exact) mass is 302 g/mol. The summed E-state index contributed by atoms with van der Waals surface area (Å²) in [6.45, 7) is 7.68. The van der Waals surface area contributed by atoms with Crippen LogP contribution < -0.4 is 15.4 Å². The SMILES string of the molecule is C=CCOc1ccccc1[C@@H]1NC(=O)NC(=C)[C@H]1C(=O)OC. The van der Waals surface area contributed by atoms with Crippen LogP contribution >= 0.6 is 0 Å². The second-order valence-electron chi connectivity index (χ2n) is 4.74. The predicted octanol–water partition coefficient (Wildman–Crippen LogP) is 1.91. The van der Waals surface area contributed by atoms with Gasteiger partial charge in [-0.25, -0.2) is 4.79 Å². The van der Waals surface area contributed by atoms with Crippen LogP contribution in [0.2, 0.25) is 0 Å². The third-order valence-corrected chi connectivity index (χ3v) is 3.34. The van der Waals surface area contributed by atoms with E-state index in [1.54, 1.807) is 24.3 Å². The molecule has 1 aliphatic rings. The van der Waals surface area contributed by atoms with Crippen molar-refractivity contribution < 1.29 is 19.1 Å². The topological polar surface area (TPSA) is 76.7 Å². The van der Waals surface area contributed by atoms with Crippen molar-refractivity contribution >= 4 is 12.0 Å². The number of urea groups is 1. The van der Waals surface area contributed by atoms with Crippen LogP contribution in [0.15, 0.2) is 49.2 Å². The van der Waals surface area contributed by atoms with Crippen molar-refractivity contribution in [1.82, 2.24) is 10.6 Å². The molecule has 6 nitrogen and oxygen atoms in total. The Kier molecular flexibility index (Phi) is 4.83. The maximum absolute atomic E-state index is 12.1. The molecule has 2 amide bonds. The normalized spacial score (nSPS) is 20.6. The minimum absolute atomic E-state index is 0.291. The van der Waals surface area contributed by atoms with Gasteiger partial charge in [0.25, 0.3) is 0 Å². The lowest BCUT2D eigenvalue weighted by Gasteiger charge is -2.33. The van der Waals surface area contributed by atoms with Crippen molar-refractivity contribution in [1.29, 1.82) is 0 Å². The van der Waals surface area contributed by atoms with Crippen LogP contribution in [0.3, 0.4) is 0 Å². The number of hydrogen-bond donors (Lipinski definition) is 2. The molecule has 0 saturated carbocycles. The molecule has 6 heteroatoms. The lowest BCUT2D eigenvalue weighted by Crippen LogP contribution is -2.51. The van der Waals surface area contributed by atoms with Gasteiger partial charge in [-0.2, -0.15) is 0 Å². The molecule has 1 heterocycles. The van der Waals surface area contributed by atoms with Crippen LogP contribution in [-0.2, 0) is 9.53 Å². The van der Waals surface area contributed by atoms with Gasteiger partial charge in [0, 0.05) is 11.3 Å². The highest BCUT2D eigenvalue weighted by molar-refractivity contribution is 5.85. The quantitative estimate of drug-likeness (QED) is 0.643. The van der Waals surface area contributed by atoms with Gasteiger partial charge in [-0.3, -0.25) is 4.79 Å². The number of hydrogen-bond acceptors (Lipinski definition) is 4. The molecule has 0 unspecified atom stereocenters. The summed E-state index contributed by atoms with van der Waals surface area (Å²) in [6.07, 6.45) is 1.62. The first-order valence-electron chi connectivity index (χ1n) is 6.75. The van der Waals surface area contributed by atoms with Crippen molar-refractivity contribution in [3.8, 4) is 5.75 Å². The molecule has 22 heavy (non-hydrogen) atoms. The van der Waals surface area contributed by atoms with Crippen molar-refractivity contribution in [3.05, 3.63) is 54.8 Å². The Balaban J connectivity index is 2.42. The predicted molar refractivity (Wildman–Crippen MR) is 81.2 cm³/mol. The molecule has 0 spiro atoms. The molecule has 2 N–H and O–H groups in total. The average Bonchev–Trinajstić information content (AvgIpc) is 2.51. The standard InChI is InChI=1S/C16H18N2O4/c1-4-9-22-12-8-6-5-7-11(12)14-13(15(19)21-3)10(2)17-16(20)18-14/h4-8,13-14H,1-2,9H2,3H3,(H2,17,18,20)/t13-,14+/m1/s1. The van der Waals surface area contributed by atoms with Gasteiger partial charge in [-0.15, -0.1) is 0 Å². The summed E-state index contributed by atoms with van der Waals surface area (Å²) in [5.41, 5.74) is 0.967. The summed E-state index contributed by atoms with van der Waals surface area (Å²) in [6, 6.07) is 6.14. The fourth-order valence-corrected chi connectivity index (χ4v) is 2.37. The van der Waals surface area contributed by atoms with Crippen LogP contribution in [0.1, 0.15) is 11.6 Å². The van der Waals surface area contributed by atoms with Crippen LogP contribution in [-0.4, -0.2) is 25.7 Å². The van der Waals surface area contributed by atoms with Crippen molar-refractivity contribution in [2.24, 2.45) is 5.92 Å². The maximum atomic E-state index is 12.1. The van der Waals surface area contributed by atoms with E-state index < -0.39 is 24.0 Å². The summed E-state index contributed by atoms with van der Waals surface area (Å²) < 4.78 is 10.4. The van der Waals surface area contributed by atoms with Gasteiger partial charge in [-0.05, 0) is 6.07 Å². The van der Waals surface area contributed by atoms with Crippen molar-refractivity contribution in [2.75, 3.05) is 13.7 Å². The highest BCUT2D eigenvalue weighted by Gasteiger charge is 2.39. The average molecular weight is 302 g/mol. The smallest absolute Gasteiger partial charge is 0.319 e. The fourth-order valence-electron chi connectivity index (χ4n) is 2.37. The molecular weight excluding hydrogens is 284 g/mol. The van der Waals surface area contributed by atoms with Crippen LogP contribution in [0.5, 0.6) is 5.75 Å². The summed E-state index contributed by atoms with van der Waals surface area (Å²) in [4.78, 5) is 23.8. The van der Waals surface area contributed by atoms with Gasteiger partial charge in [0.2, 0.25) is 0 Å². The van der Waals surface area contributed by atoms with E-state index >= 15 is 0 Å². The molecule has 0 aromatic heterocycles. The number of ether oxygens (including phenoxy) is 2. The first-order chi connectivity index (χ1) is 10.6. The molecule has 2 rings (SSSR count). The highest BCUT2D eigenvalue weighted by Crippen LogP contribution is 2.35. The number of methoxy groups -OCH3 is 1. The third kappa shape index (κ3) is 3.11. The Hall–Kier alpha value is -2.76. The second-order valence-corrected chi connectivity index (χ2v) is 4.74. The molecule has 1 fully saturated rings. The number of rotatable bonds is 5. The molecular formula is C16H18N2O4. The lowest BCUT2D eigenvalue weighted by atomic mass is 9.88. The summed E-state index contributed by atoms with van der Waals surface area (Å²) in [5.74, 6) is -0.659. The minimum atomic E-state index is -0.740. The van der Waals surface area contributed by atoms with Gasteiger partial charge in [0.1, 0.15) is 18.3 Å². The molecule has 0 bridgehead atoms. The van der Waals surface area contributed by atoms with Gasteiger partial charge in [0.05, 0.1) is 13.2 Å².